The first-order valence-electron chi connectivity index (χ1n) is 7.22. The highest BCUT2D eigenvalue weighted by atomic mass is 32.2. The summed E-state index contributed by atoms with van der Waals surface area (Å²) in [5.74, 6) is 3.02. The molecular formula is C15H21N3OS. The fraction of sp³-hybridized carbons (Fsp3) is 0.533. The smallest absolute Gasteiger partial charge is 0.319 e. The quantitative estimate of drug-likeness (QED) is 0.900. The molecule has 1 saturated heterocycles. The van der Waals surface area contributed by atoms with E-state index >= 15 is 0 Å². The Morgan fingerprint density at radius 2 is 1.90 bits per heavy atom. The third-order valence-corrected chi connectivity index (χ3v) is 4.87. The van der Waals surface area contributed by atoms with Crippen molar-refractivity contribution in [3.63, 3.8) is 0 Å². The summed E-state index contributed by atoms with van der Waals surface area (Å²) in [4.78, 5) is 14.2. The molecule has 0 radical (unpaired) electrons. The Morgan fingerprint density at radius 1 is 1.25 bits per heavy atom. The van der Waals surface area contributed by atoms with Crippen molar-refractivity contribution in [3.05, 3.63) is 24.3 Å². The molecule has 108 valence electrons. The van der Waals surface area contributed by atoms with E-state index in [0.717, 1.165) is 25.2 Å². The maximum absolute atomic E-state index is 11.8. The zero-order valence-electron chi connectivity index (χ0n) is 11.8. The maximum Gasteiger partial charge on any atom is 0.319 e. The van der Waals surface area contributed by atoms with Crippen LogP contribution in [0.5, 0.6) is 0 Å². The average Bonchev–Trinajstić information content (AvgIpc) is 3.15. The van der Waals surface area contributed by atoms with Crippen LogP contribution in [0.25, 0.3) is 0 Å². The molecule has 5 heteroatoms. The molecule has 1 aliphatic heterocycles. The van der Waals surface area contributed by atoms with E-state index in [4.69, 9.17) is 0 Å². The van der Waals surface area contributed by atoms with E-state index in [1.54, 1.807) is 0 Å². The number of urea groups is 1. The fourth-order valence-corrected chi connectivity index (χ4v) is 3.34. The number of nitrogens with one attached hydrogen (secondary N) is 2. The van der Waals surface area contributed by atoms with Gasteiger partial charge in [-0.2, -0.15) is 11.8 Å². The van der Waals surface area contributed by atoms with E-state index in [2.05, 4.69) is 34.6 Å². The number of thioether (sulfide) groups is 1. The monoisotopic (exact) mass is 291 g/mol. The first kappa shape index (κ1) is 13.6. The first-order chi connectivity index (χ1) is 9.72. The van der Waals surface area contributed by atoms with E-state index < -0.39 is 0 Å². The third kappa shape index (κ3) is 3.39. The SMILES string of the molecule is C[C@@H]1C[C@@H]1NC(=O)Nc1ccc(N2CCSCC2)cc1. The van der Waals surface area contributed by atoms with Crippen LogP contribution in [0.3, 0.4) is 0 Å². The van der Waals surface area contributed by atoms with Crippen LogP contribution in [-0.2, 0) is 0 Å². The summed E-state index contributed by atoms with van der Waals surface area (Å²) in [6.07, 6.45) is 1.10. The van der Waals surface area contributed by atoms with Gasteiger partial charge in [0.2, 0.25) is 0 Å². The lowest BCUT2D eigenvalue weighted by molar-refractivity contribution is 0.251. The fourth-order valence-electron chi connectivity index (χ4n) is 2.44. The van der Waals surface area contributed by atoms with Crippen LogP contribution in [0, 0.1) is 5.92 Å². The molecule has 4 nitrogen and oxygen atoms in total. The molecule has 0 spiro atoms. The molecule has 2 N–H and O–H groups in total. The molecule has 1 aromatic rings. The van der Waals surface area contributed by atoms with Gasteiger partial charge in [-0.3, -0.25) is 0 Å². The molecule has 2 atom stereocenters. The summed E-state index contributed by atoms with van der Waals surface area (Å²) in [7, 11) is 0. The van der Waals surface area contributed by atoms with Crippen molar-refractivity contribution in [2.24, 2.45) is 5.92 Å². The van der Waals surface area contributed by atoms with Crippen molar-refractivity contribution in [1.29, 1.82) is 0 Å². The molecule has 2 amide bonds. The highest BCUT2D eigenvalue weighted by molar-refractivity contribution is 7.99. The number of nitrogens with zero attached hydrogens (tertiary/aromatic N) is 1. The lowest BCUT2D eigenvalue weighted by Crippen LogP contribution is -2.32. The number of benzene rings is 1. The highest BCUT2D eigenvalue weighted by Crippen LogP contribution is 2.29. The molecule has 1 aliphatic carbocycles. The van der Waals surface area contributed by atoms with Gasteiger partial charge in [0.15, 0.2) is 0 Å². The summed E-state index contributed by atoms with van der Waals surface area (Å²) in [5, 5.41) is 5.86. The third-order valence-electron chi connectivity index (χ3n) is 3.93. The summed E-state index contributed by atoms with van der Waals surface area (Å²) < 4.78 is 0. The molecule has 1 aromatic carbocycles. The topological polar surface area (TPSA) is 44.4 Å². The van der Waals surface area contributed by atoms with Crippen molar-refractivity contribution in [2.45, 2.75) is 19.4 Å². The van der Waals surface area contributed by atoms with Crippen LogP contribution in [0.2, 0.25) is 0 Å². The van der Waals surface area contributed by atoms with E-state index in [0.29, 0.717) is 12.0 Å². The van der Waals surface area contributed by atoms with Crippen LogP contribution < -0.4 is 15.5 Å². The summed E-state index contributed by atoms with van der Waals surface area (Å²) in [6.45, 7) is 4.37. The molecule has 0 unspecified atom stereocenters. The normalized spacial score (nSPS) is 25.1. The Morgan fingerprint density at radius 3 is 2.50 bits per heavy atom. The average molecular weight is 291 g/mol. The molecule has 3 rings (SSSR count). The molecule has 0 bridgehead atoms. The van der Waals surface area contributed by atoms with Gasteiger partial charge < -0.3 is 15.5 Å². The van der Waals surface area contributed by atoms with E-state index in [1.807, 2.05) is 23.9 Å². The van der Waals surface area contributed by atoms with Gasteiger partial charge in [0.05, 0.1) is 0 Å². The number of amides is 2. The Labute approximate surface area is 124 Å². The second kappa shape index (κ2) is 5.95. The minimum Gasteiger partial charge on any atom is -0.370 e. The van der Waals surface area contributed by atoms with Gasteiger partial charge in [0.1, 0.15) is 0 Å². The van der Waals surface area contributed by atoms with E-state index in [9.17, 15) is 4.79 Å². The van der Waals surface area contributed by atoms with E-state index in [1.165, 1.54) is 17.2 Å². The number of hydrogen-bond donors (Lipinski definition) is 2. The van der Waals surface area contributed by atoms with Crippen LogP contribution in [0.1, 0.15) is 13.3 Å². The van der Waals surface area contributed by atoms with Crippen molar-refractivity contribution in [1.82, 2.24) is 5.32 Å². The minimum atomic E-state index is -0.0959. The van der Waals surface area contributed by atoms with Crippen molar-refractivity contribution in [2.75, 3.05) is 34.8 Å². The van der Waals surface area contributed by atoms with Crippen molar-refractivity contribution in [3.8, 4) is 0 Å². The molecule has 2 fully saturated rings. The highest BCUT2D eigenvalue weighted by Gasteiger charge is 2.33. The Kier molecular flexibility index (Phi) is 4.05. The molecule has 1 saturated carbocycles. The van der Waals surface area contributed by atoms with Crippen LogP contribution in [0.4, 0.5) is 16.2 Å². The first-order valence-corrected chi connectivity index (χ1v) is 8.38. The molecule has 20 heavy (non-hydrogen) atoms. The second-order valence-corrected chi connectivity index (χ2v) is 6.79. The zero-order valence-corrected chi connectivity index (χ0v) is 12.6. The van der Waals surface area contributed by atoms with Crippen LogP contribution in [-0.4, -0.2) is 36.7 Å². The van der Waals surface area contributed by atoms with Gasteiger partial charge in [0.25, 0.3) is 0 Å². The number of anilines is 2. The van der Waals surface area contributed by atoms with Crippen molar-refractivity contribution >= 4 is 29.2 Å². The van der Waals surface area contributed by atoms with Gasteiger partial charge in [0, 0.05) is 42.0 Å². The maximum atomic E-state index is 11.8. The number of carbonyl (C=O) groups excluding carboxylic acids is 1. The summed E-state index contributed by atoms with van der Waals surface area (Å²) in [6, 6.07) is 8.40. The van der Waals surface area contributed by atoms with Gasteiger partial charge in [-0.05, 0) is 36.6 Å². The lowest BCUT2D eigenvalue weighted by Gasteiger charge is -2.28. The van der Waals surface area contributed by atoms with Crippen LogP contribution in [0.15, 0.2) is 24.3 Å². The van der Waals surface area contributed by atoms with Gasteiger partial charge in [-0.25, -0.2) is 4.79 Å². The number of hydrogen-bond acceptors (Lipinski definition) is 3. The largest absolute Gasteiger partial charge is 0.370 e. The lowest BCUT2D eigenvalue weighted by atomic mass is 10.2. The predicted octanol–water partition coefficient (Wildman–Crippen LogP) is 2.77. The second-order valence-electron chi connectivity index (χ2n) is 5.56. The molecule has 0 aromatic heterocycles. The Bertz CT molecular complexity index is 471. The van der Waals surface area contributed by atoms with Gasteiger partial charge in [-0.1, -0.05) is 6.92 Å². The Balaban J connectivity index is 1.54. The molecular weight excluding hydrogens is 270 g/mol. The van der Waals surface area contributed by atoms with Gasteiger partial charge >= 0.3 is 6.03 Å². The van der Waals surface area contributed by atoms with Gasteiger partial charge in [-0.15, -0.1) is 0 Å². The number of rotatable bonds is 3. The number of carbonyl (C=O) groups is 1. The van der Waals surface area contributed by atoms with Crippen molar-refractivity contribution < 1.29 is 4.79 Å². The minimum absolute atomic E-state index is 0.0959. The zero-order chi connectivity index (χ0) is 13.9. The Hall–Kier alpha value is -1.36. The van der Waals surface area contributed by atoms with Crippen LogP contribution >= 0.6 is 11.8 Å². The molecule has 2 aliphatic rings. The summed E-state index contributed by atoms with van der Waals surface area (Å²) >= 11 is 2.01. The van der Waals surface area contributed by atoms with E-state index in [-0.39, 0.29) is 6.03 Å². The summed E-state index contributed by atoms with van der Waals surface area (Å²) in [5.41, 5.74) is 2.10. The molecule has 1 heterocycles. The standard InChI is InChI=1S/C15H21N3OS/c1-11-10-14(11)17-15(19)16-12-2-4-13(5-3-12)18-6-8-20-9-7-18/h2-5,11,14H,6-10H2,1H3,(H2,16,17,19)/t11-,14+/m1/s1. The predicted molar refractivity (Wildman–Crippen MR) is 85.7 cm³/mol.